The van der Waals surface area contributed by atoms with Crippen LogP contribution in [0.5, 0.6) is 0 Å². The summed E-state index contributed by atoms with van der Waals surface area (Å²) in [7, 11) is 2.30. The van der Waals surface area contributed by atoms with Crippen LogP contribution in [0.2, 0.25) is 0 Å². The van der Waals surface area contributed by atoms with Crippen molar-refractivity contribution in [1.29, 1.82) is 0 Å². The highest BCUT2D eigenvalue weighted by Crippen LogP contribution is 2.50. The number of hydrogen-bond donors (Lipinski definition) is 0. The molecule has 3 nitrogen and oxygen atoms in total. The number of benzene rings is 2. The van der Waals surface area contributed by atoms with E-state index in [4.69, 9.17) is 0 Å². The molecule has 1 aliphatic heterocycles. The largest absolute Gasteiger partial charge is 0.372 e. The molecule has 0 bridgehead atoms. The van der Waals surface area contributed by atoms with Crippen LogP contribution in [0, 0.1) is 5.92 Å². The van der Waals surface area contributed by atoms with Gasteiger partial charge in [-0.3, -0.25) is 0 Å². The lowest BCUT2D eigenvalue weighted by molar-refractivity contribution is 0.328. The van der Waals surface area contributed by atoms with E-state index in [0.29, 0.717) is 0 Å². The van der Waals surface area contributed by atoms with E-state index in [1.54, 1.807) is 0 Å². The smallest absolute Gasteiger partial charge is 0.0726 e. The number of fused-ring (bicyclic) bond motifs is 1. The first-order valence-electron chi connectivity index (χ1n) is 11.2. The highest BCUT2D eigenvalue weighted by atomic mass is 32.2. The molecular weight excluding hydrogens is 374 g/mol. The van der Waals surface area contributed by atoms with Crippen LogP contribution in [0.15, 0.2) is 42.5 Å². The van der Waals surface area contributed by atoms with Crippen molar-refractivity contribution >= 4 is 33.3 Å². The molecule has 1 atom stereocenters. The van der Waals surface area contributed by atoms with Crippen molar-refractivity contribution in [2.24, 2.45) is 5.92 Å². The first kappa shape index (κ1) is 20.3. The molecule has 1 unspecified atom stereocenters. The van der Waals surface area contributed by atoms with Crippen LogP contribution in [0.3, 0.4) is 0 Å². The minimum absolute atomic E-state index is 0.0514. The summed E-state index contributed by atoms with van der Waals surface area (Å²) in [5, 5.41) is 2.36. The van der Waals surface area contributed by atoms with Crippen LogP contribution in [0.25, 0.3) is 11.1 Å². The molecule has 0 radical (unpaired) electrons. The van der Waals surface area contributed by atoms with Crippen molar-refractivity contribution in [3.05, 3.63) is 42.5 Å². The van der Waals surface area contributed by atoms with Crippen molar-refractivity contribution < 1.29 is 0 Å². The Kier molecular flexibility index (Phi) is 6.19. The van der Waals surface area contributed by atoms with E-state index in [9.17, 15) is 0 Å². The molecule has 2 aromatic rings. The van der Waals surface area contributed by atoms with Crippen LogP contribution >= 0.6 is 10.9 Å². The molecule has 4 heteroatoms. The molecule has 1 saturated carbocycles. The second-order valence-electron chi connectivity index (χ2n) is 8.22. The van der Waals surface area contributed by atoms with Gasteiger partial charge < -0.3 is 13.5 Å². The van der Waals surface area contributed by atoms with Gasteiger partial charge >= 0.3 is 0 Å². The molecule has 156 valence electrons. The van der Waals surface area contributed by atoms with Crippen molar-refractivity contribution in [3.63, 3.8) is 0 Å². The lowest BCUT2D eigenvalue weighted by Gasteiger charge is -2.32. The summed E-state index contributed by atoms with van der Waals surface area (Å²) in [6.45, 7) is 10.1. The van der Waals surface area contributed by atoms with Crippen LogP contribution in [0.4, 0.5) is 17.1 Å². The molecule has 0 spiro atoms. The average Bonchev–Trinajstić information content (AvgIpc) is 2.99. The minimum Gasteiger partial charge on any atom is -0.372 e. The third-order valence-electron chi connectivity index (χ3n) is 6.37. The van der Waals surface area contributed by atoms with E-state index in [0.717, 1.165) is 19.0 Å². The topological polar surface area (TPSA) is 9.72 Å². The van der Waals surface area contributed by atoms with E-state index >= 15 is 0 Å². The summed E-state index contributed by atoms with van der Waals surface area (Å²) in [5.74, 6) is 0.874. The third-order valence-corrected chi connectivity index (χ3v) is 8.35. The molecule has 1 heterocycles. The predicted molar refractivity (Wildman–Crippen MR) is 132 cm³/mol. The van der Waals surface area contributed by atoms with Crippen molar-refractivity contribution in [1.82, 2.24) is 0 Å². The van der Waals surface area contributed by atoms with E-state index in [-0.39, 0.29) is 10.9 Å². The summed E-state index contributed by atoms with van der Waals surface area (Å²) in [6, 6.07) is 16.1. The first-order valence-corrected chi connectivity index (χ1v) is 12.4. The van der Waals surface area contributed by atoms with Crippen LogP contribution in [0.1, 0.15) is 46.5 Å². The van der Waals surface area contributed by atoms with Gasteiger partial charge in [0, 0.05) is 32.4 Å². The van der Waals surface area contributed by atoms with E-state index in [2.05, 4.69) is 89.2 Å². The van der Waals surface area contributed by atoms with E-state index < -0.39 is 0 Å². The fourth-order valence-corrected chi connectivity index (χ4v) is 6.44. The lowest BCUT2D eigenvalue weighted by Crippen LogP contribution is -2.28. The summed E-state index contributed by atoms with van der Waals surface area (Å²) in [5.41, 5.74) is 6.73. The van der Waals surface area contributed by atoms with Crippen LogP contribution in [-0.2, 0) is 0 Å². The molecule has 0 saturated heterocycles. The van der Waals surface area contributed by atoms with Gasteiger partial charge in [-0.15, -0.1) is 0 Å². The van der Waals surface area contributed by atoms with Gasteiger partial charge in [-0.25, -0.2) is 0 Å². The van der Waals surface area contributed by atoms with Gasteiger partial charge in [0.1, 0.15) is 0 Å². The zero-order chi connectivity index (χ0) is 20.4. The molecule has 0 aromatic heterocycles. The highest BCUT2D eigenvalue weighted by molar-refractivity contribution is 8.17. The minimum atomic E-state index is 0.0514. The summed E-state index contributed by atoms with van der Waals surface area (Å²) in [4.78, 5) is 2.47. The summed E-state index contributed by atoms with van der Waals surface area (Å²) < 4.78 is 5.11. The Morgan fingerprint density at radius 2 is 1.86 bits per heavy atom. The standard InChI is InChI=1S/C25H35N3S/c1-5-16-27(6-2)23-13-9-12-21(17-23)22-14-15-24-25(18-22)26(4)29(7-3)28(24)19-20-10-8-11-20/h7,9,12-15,17-18,20H,5-6,8,10-11,16,19H2,1-4H3. The fraction of sp³-hybridized carbons (Fsp3) is 0.480. The second-order valence-corrected chi connectivity index (χ2v) is 10.3. The summed E-state index contributed by atoms with van der Waals surface area (Å²) in [6.07, 6.45) is 5.38. The molecular formula is C25H35N3S. The molecule has 4 rings (SSSR count). The number of nitrogens with zero attached hydrogens (tertiary/aromatic N) is 3. The third kappa shape index (κ3) is 3.92. The zero-order valence-electron chi connectivity index (χ0n) is 18.4. The molecule has 1 aliphatic carbocycles. The van der Waals surface area contributed by atoms with E-state index in [1.807, 2.05) is 0 Å². The molecule has 29 heavy (non-hydrogen) atoms. The second kappa shape index (κ2) is 8.83. The first-order chi connectivity index (χ1) is 14.2. The van der Waals surface area contributed by atoms with Gasteiger partial charge in [0.2, 0.25) is 0 Å². The Balaban J connectivity index is 1.66. The Bertz CT molecular complexity index is 887. The number of anilines is 3. The van der Waals surface area contributed by atoms with Gasteiger partial charge in [0.15, 0.2) is 0 Å². The van der Waals surface area contributed by atoms with Crippen molar-refractivity contribution in [3.8, 4) is 11.1 Å². The maximum atomic E-state index is 2.64. The summed E-state index contributed by atoms with van der Waals surface area (Å²) >= 11 is 0. The van der Waals surface area contributed by atoms with Gasteiger partial charge in [0.05, 0.1) is 11.4 Å². The van der Waals surface area contributed by atoms with Crippen molar-refractivity contribution in [2.75, 3.05) is 40.2 Å². The van der Waals surface area contributed by atoms with Crippen molar-refractivity contribution in [2.45, 2.75) is 46.5 Å². The number of hydrogen-bond acceptors (Lipinski definition) is 3. The quantitative estimate of drug-likeness (QED) is 0.479. The van der Waals surface area contributed by atoms with Crippen LogP contribution in [-0.4, -0.2) is 32.0 Å². The van der Waals surface area contributed by atoms with Gasteiger partial charge in [-0.1, -0.05) is 31.5 Å². The Morgan fingerprint density at radius 1 is 1.07 bits per heavy atom. The molecule has 2 aromatic carbocycles. The zero-order valence-corrected chi connectivity index (χ0v) is 19.2. The average molecular weight is 410 g/mol. The maximum absolute atomic E-state index is 2.64. The van der Waals surface area contributed by atoms with Crippen LogP contribution < -0.4 is 13.5 Å². The Labute approximate surface area is 179 Å². The Morgan fingerprint density at radius 3 is 2.52 bits per heavy atom. The Hall–Kier alpha value is -1.94. The fourth-order valence-electron chi connectivity index (χ4n) is 4.51. The van der Waals surface area contributed by atoms with Gasteiger partial charge in [-0.2, -0.15) is 0 Å². The predicted octanol–water partition coefficient (Wildman–Crippen LogP) is 6.57. The normalized spacial score (nSPS) is 18.8. The maximum Gasteiger partial charge on any atom is 0.0726 e. The molecule has 0 N–H and O–H groups in total. The highest BCUT2D eigenvalue weighted by Gasteiger charge is 2.31. The lowest BCUT2D eigenvalue weighted by atomic mass is 9.85. The monoisotopic (exact) mass is 409 g/mol. The molecule has 1 fully saturated rings. The molecule has 2 aliphatic rings. The van der Waals surface area contributed by atoms with Gasteiger partial charge in [-0.05, 0) is 90.6 Å². The number of rotatable bonds is 7. The SMILES string of the molecule is CC=S1N(C)c2cc(-c3cccc(N(CC)CCC)c3)ccc2N1CC1CCC1. The van der Waals surface area contributed by atoms with E-state index in [1.165, 1.54) is 60.4 Å². The molecule has 0 amide bonds. The van der Waals surface area contributed by atoms with Gasteiger partial charge in [0.25, 0.3) is 0 Å².